The fourth-order valence-corrected chi connectivity index (χ4v) is 1.77. The Hall–Kier alpha value is -0.0300. The highest BCUT2D eigenvalue weighted by atomic mass is 127. The molecule has 2 nitrogen and oxygen atoms in total. The van der Waals surface area contributed by atoms with E-state index in [9.17, 15) is 0 Å². The highest BCUT2D eigenvalue weighted by Crippen LogP contribution is 2.32. The van der Waals surface area contributed by atoms with Crippen molar-refractivity contribution < 1.29 is 4.74 Å². The van der Waals surface area contributed by atoms with E-state index in [-0.39, 0.29) is 0 Å². The summed E-state index contributed by atoms with van der Waals surface area (Å²) in [6.07, 6.45) is 2.57. The van der Waals surface area contributed by atoms with Crippen molar-refractivity contribution in [2.45, 2.75) is 19.8 Å². The summed E-state index contributed by atoms with van der Waals surface area (Å²) in [5.41, 5.74) is 0.953. The summed E-state index contributed by atoms with van der Waals surface area (Å²) >= 11 is 8.20. The number of nitrogens with zero attached hydrogens (tertiary/aromatic N) is 1. The van der Waals surface area contributed by atoms with Gasteiger partial charge in [-0.2, -0.15) is 0 Å². The number of hydrogen-bond donors (Lipinski definition) is 0. The molecule has 1 saturated carbocycles. The summed E-state index contributed by atoms with van der Waals surface area (Å²) in [5.74, 6) is 1.46. The molecule has 0 aliphatic heterocycles. The molecule has 0 saturated heterocycles. The molecule has 1 aliphatic rings. The molecular weight excluding hydrogens is 312 g/mol. The molecule has 0 bridgehead atoms. The van der Waals surface area contributed by atoms with Crippen LogP contribution < -0.4 is 4.74 Å². The van der Waals surface area contributed by atoms with Gasteiger partial charge in [0.15, 0.2) is 10.9 Å². The van der Waals surface area contributed by atoms with Crippen LogP contribution >= 0.6 is 34.2 Å². The first kappa shape index (κ1) is 10.5. The highest BCUT2D eigenvalue weighted by Gasteiger charge is 2.22. The van der Waals surface area contributed by atoms with E-state index in [2.05, 4.69) is 27.6 Å². The number of aryl methyl sites for hydroxylation is 1. The molecule has 4 heteroatoms. The van der Waals surface area contributed by atoms with E-state index >= 15 is 0 Å². The van der Waals surface area contributed by atoms with Crippen molar-refractivity contribution in [3.05, 3.63) is 20.5 Å². The molecule has 0 atom stereocenters. The SMILES string of the molecule is Cc1nc(Cl)c(OCC2CC2)cc1I. The zero-order valence-corrected chi connectivity index (χ0v) is 10.8. The van der Waals surface area contributed by atoms with Crippen LogP contribution in [0.3, 0.4) is 0 Å². The molecule has 0 unspecified atom stereocenters. The van der Waals surface area contributed by atoms with Crippen LogP contribution in [0.4, 0.5) is 0 Å². The van der Waals surface area contributed by atoms with Crippen molar-refractivity contribution in [2.75, 3.05) is 6.61 Å². The summed E-state index contributed by atoms with van der Waals surface area (Å²) in [6, 6.07) is 1.95. The molecule has 14 heavy (non-hydrogen) atoms. The lowest BCUT2D eigenvalue weighted by Crippen LogP contribution is -2.01. The molecule has 0 spiro atoms. The van der Waals surface area contributed by atoms with Crippen LogP contribution in [0.1, 0.15) is 18.5 Å². The molecule has 2 rings (SSSR count). The second-order valence-electron chi connectivity index (χ2n) is 3.60. The predicted molar refractivity (Wildman–Crippen MR) is 64.9 cm³/mol. The Kier molecular flexibility index (Phi) is 3.17. The van der Waals surface area contributed by atoms with Crippen LogP contribution in [0.25, 0.3) is 0 Å². The quantitative estimate of drug-likeness (QED) is 0.628. The lowest BCUT2D eigenvalue weighted by molar-refractivity contribution is 0.298. The van der Waals surface area contributed by atoms with Gasteiger partial charge in [-0.25, -0.2) is 4.98 Å². The lowest BCUT2D eigenvalue weighted by atomic mass is 10.3. The van der Waals surface area contributed by atoms with E-state index in [1.165, 1.54) is 12.8 Å². The van der Waals surface area contributed by atoms with Crippen LogP contribution in [0.5, 0.6) is 5.75 Å². The Labute approximate surface area is 102 Å². The first-order valence-electron chi connectivity index (χ1n) is 4.62. The maximum Gasteiger partial charge on any atom is 0.171 e. The third kappa shape index (κ3) is 2.51. The minimum absolute atomic E-state index is 0.476. The third-order valence-electron chi connectivity index (χ3n) is 2.24. The average Bonchev–Trinajstić information content (AvgIpc) is 2.92. The summed E-state index contributed by atoms with van der Waals surface area (Å²) in [6.45, 7) is 2.72. The fourth-order valence-electron chi connectivity index (χ4n) is 1.13. The Bertz CT molecular complexity index is 352. The smallest absolute Gasteiger partial charge is 0.171 e. The zero-order chi connectivity index (χ0) is 10.1. The van der Waals surface area contributed by atoms with E-state index in [0.29, 0.717) is 10.9 Å². The first-order valence-corrected chi connectivity index (χ1v) is 6.08. The number of hydrogen-bond acceptors (Lipinski definition) is 2. The number of rotatable bonds is 3. The van der Waals surface area contributed by atoms with Crippen molar-refractivity contribution in [1.29, 1.82) is 0 Å². The second kappa shape index (κ2) is 4.23. The van der Waals surface area contributed by atoms with E-state index < -0.39 is 0 Å². The van der Waals surface area contributed by atoms with E-state index in [1.807, 2.05) is 13.0 Å². The van der Waals surface area contributed by atoms with Gasteiger partial charge in [-0.05, 0) is 54.3 Å². The normalized spacial score (nSPS) is 15.6. The highest BCUT2D eigenvalue weighted by molar-refractivity contribution is 14.1. The summed E-state index contributed by atoms with van der Waals surface area (Å²) in [7, 11) is 0. The molecule has 0 aromatic carbocycles. The predicted octanol–water partition coefficient (Wildman–Crippen LogP) is 3.44. The largest absolute Gasteiger partial charge is 0.490 e. The number of ether oxygens (including phenoxy) is 1. The average molecular weight is 324 g/mol. The first-order chi connectivity index (χ1) is 6.66. The van der Waals surface area contributed by atoms with Crippen molar-refractivity contribution in [3.63, 3.8) is 0 Å². The molecule has 0 radical (unpaired) electrons. The topological polar surface area (TPSA) is 22.1 Å². The maximum absolute atomic E-state index is 5.97. The van der Waals surface area contributed by atoms with E-state index in [0.717, 1.165) is 21.8 Å². The Balaban J connectivity index is 2.10. The van der Waals surface area contributed by atoms with Gasteiger partial charge in [-0.1, -0.05) is 11.6 Å². The number of pyridine rings is 1. The minimum Gasteiger partial charge on any atom is -0.490 e. The Morgan fingerprint density at radius 2 is 2.36 bits per heavy atom. The summed E-state index contributed by atoms with van der Waals surface area (Å²) in [4.78, 5) is 4.20. The van der Waals surface area contributed by atoms with Gasteiger partial charge in [0.1, 0.15) is 0 Å². The maximum atomic E-state index is 5.97. The summed E-state index contributed by atoms with van der Waals surface area (Å²) < 4.78 is 6.69. The molecule has 1 heterocycles. The molecule has 0 N–H and O–H groups in total. The van der Waals surface area contributed by atoms with Gasteiger partial charge in [0.2, 0.25) is 0 Å². The monoisotopic (exact) mass is 323 g/mol. The van der Waals surface area contributed by atoms with Crippen LogP contribution in [-0.2, 0) is 0 Å². The van der Waals surface area contributed by atoms with Gasteiger partial charge in [0.05, 0.1) is 12.3 Å². The van der Waals surface area contributed by atoms with Gasteiger partial charge in [0, 0.05) is 3.57 Å². The molecular formula is C10H11ClINO. The lowest BCUT2D eigenvalue weighted by Gasteiger charge is -2.08. The molecule has 1 aromatic heterocycles. The molecule has 76 valence electrons. The Morgan fingerprint density at radius 3 is 3.00 bits per heavy atom. The molecule has 0 amide bonds. The Morgan fingerprint density at radius 1 is 1.64 bits per heavy atom. The van der Waals surface area contributed by atoms with E-state index in [4.69, 9.17) is 16.3 Å². The molecule has 1 fully saturated rings. The van der Waals surface area contributed by atoms with Crippen LogP contribution in [0.15, 0.2) is 6.07 Å². The minimum atomic E-state index is 0.476. The number of aromatic nitrogens is 1. The second-order valence-corrected chi connectivity index (χ2v) is 5.12. The van der Waals surface area contributed by atoms with Crippen LogP contribution in [0, 0.1) is 16.4 Å². The van der Waals surface area contributed by atoms with Gasteiger partial charge in [-0.3, -0.25) is 0 Å². The van der Waals surface area contributed by atoms with Crippen molar-refractivity contribution >= 4 is 34.2 Å². The van der Waals surface area contributed by atoms with Gasteiger partial charge >= 0.3 is 0 Å². The third-order valence-corrected chi connectivity index (χ3v) is 3.61. The van der Waals surface area contributed by atoms with Crippen LogP contribution in [-0.4, -0.2) is 11.6 Å². The molecule has 1 aliphatic carbocycles. The van der Waals surface area contributed by atoms with Gasteiger partial charge in [0.25, 0.3) is 0 Å². The van der Waals surface area contributed by atoms with Crippen molar-refractivity contribution in [2.24, 2.45) is 5.92 Å². The van der Waals surface area contributed by atoms with E-state index in [1.54, 1.807) is 0 Å². The molecule has 1 aromatic rings. The van der Waals surface area contributed by atoms with Crippen LogP contribution in [0.2, 0.25) is 5.15 Å². The van der Waals surface area contributed by atoms with Crippen molar-refractivity contribution in [1.82, 2.24) is 4.98 Å². The fraction of sp³-hybridized carbons (Fsp3) is 0.500. The summed E-state index contributed by atoms with van der Waals surface area (Å²) in [5, 5.41) is 0.476. The number of halogens is 2. The van der Waals surface area contributed by atoms with Crippen molar-refractivity contribution in [3.8, 4) is 5.75 Å². The van der Waals surface area contributed by atoms with Gasteiger partial charge in [-0.15, -0.1) is 0 Å². The standard InChI is InChI=1S/C10H11ClINO/c1-6-8(12)4-9(10(11)13-6)14-5-7-2-3-7/h4,7H,2-3,5H2,1H3. The van der Waals surface area contributed by atoms with Gasteiger partial charge < -0.3 is 4.74 Å². The zero-order valence-electron chi connectivity index (χ0n) is 7.89.